The zero-order valence-corrected chi connectivity index (χ0v) is 21.1. The highest BCUT2D eigenvalue weighted by molar-refractivity contribution is 6.31. The van der Waals surface area contributed by atoms with E-state index < -0.39 is 11.9 Å². The summed E-state index contributed by atoms with van der Waals surface area (Å²) in [5.41, 5.74) is 2.01. The molecule has 1 aromatic heterocycles. The second kappa shape index (κ2) is 11.1. The van der Waals surface area contributed by atoms with Crippen molar-refractivity contribution < 1.29 is 23.4 Å². The second-order valence-electron chi connectivity index (χ2n) is 9.39. The number of nitrogens with zero attached hydrogens (tertiary/aromatic N) is 2. The van der Waals surface area contributed by atoms with E-state index in [4.69, 9.17) is 20.8 Å². The monoisotopic (exact) mass is 529 g/mol. The fourth-order valence-corrected chi connectivity index (χ4v) is 4.94. The number of hydrogen-bond donors (Lipinski definition) is 2. The molecular formula is C27H29ClFN3O5. The normalized spacial score (nSPS) is 16.8. The Labute approximate surface area is 218 Å². The van der Waals surface area contributed by atoms with Gasteiger partial charge in [-0.05, 0) is 55.2 Å². The van der Waals surface area contributed by atoms with Crippen molar-refractivity contribution in [1.29, 1.82) is 0 Å². The predicted octanol–water partition coefficient (Wildman–Crippen LogP) is 3.67. The summed E-state index contributed by atoms with van der Waals surface area (Å²) in [5, 5.41) is 13.4. The van der Waals surface area contributed by atoms with Crippen molar-refractivity contribution in [1.82, 2.24) is 4.90 Å². The number of nitrogens with one attached hydrogen (secondary N) is 1. The number of fused-ring (bicyclic) bond motifs is 1. The Bertz CT molecular complexity index is 1350. The van der Waals surface area contributed by atoms with E-state index in [1.807, 2.05) is 4.90 Å². The third kappa shape index (κ3) is 5.74. The lowest BCUT2D eigenvalue weighted by Gasteiger charge is -2.30. The van der Waals surface area contributed by atoms with E-state index in [0.717, 1.165) is 0 Å². The van der Waals surface area contributed by atoms with Gasteiger partial charge in [-0.25, -0.2) is 4.39 Å². The molecular weight excluding hydrogens is 501 g/mol. The summed E-state index contributed by atoms with van der Waals surface area (Å²) >= 11 is 5.90. The van der Waals surface area contributed by atoms with Gasteiger partial charge in [0.2, 0.25) is 0 Å². The Morgan fingerprint density at radius 1 is 1.11 bits per heavy atom. The summed E-state index contributed by atoms with van der Waals surface area (Å²) in [5.74, 6) is -0.193. The molecule has 2 N–H and O–H groups in total. The molecule has 10 heteroatoms. The van der Waals surface area contributed by atoms with Crippen LogP contribution in [0.25, 0.3) is 11.0 Å². The topological polar surface area (TPSA) is 95.2 Å². The Hall–Kier alpha value is -3.14. The van der Waals surface area contributed by atoms with Gasteiger partial charge >= 0.3 is 0 Å². The molecule has 0 saturated carbocycles. The number of piperidine rings is 1. The lowest BCUT2D eigenvalue weighted by atomic mass is 10.0. The number of hydrogen-bond acceptors (Lipinski definition) is 7. The molecule has 8 nitrogen and oxygen atoms in total. The Balaban J connectivity index is 1.47. The van der Waals surface area contributed by atoms with Crippen molar-refractivity contribution in [3.63, 3.8) is 0 Å². The SMILES string of the molecule is O=C(c1cc(CCNc2ccc(F)c(Cl)c2)c2oc(N3CCOCC3)cc(=O)c2c1)N1CCC(O)CC1. The average Bonchev–Trinajstić information content (AvgIpc) is 2.91. The van der Waals surface area contributed by atoms with Gasteiger partial charge < -0.3 is 29.4 Å². The maximum Gasteiger partial charge on any atom is 0.253 e. The quantitative estimate of drug-likeness (QED) is 0.503. The van der Waals surface area contributed by atoms with Gasteiger partial charge in [0.1, 0.15) is 11.4 Å². The van der Waals surface area contributed by atoms with E-state index in [-0.39, 0.29) is 16.4 Å². The number of ether oxygens (including phenoxy) is 1. The van der Waals surface area contributed by atoms with Gasteiger partial charge in [-0.1, -0.05) is 11.6 Å². The number of aliphatic hydroxyl groups excluding tert-OH is 1. The maximum absolute atomic E-state index is 13.5. The van der Waals surface area contributed by atoms with E-state index in [0.29, 0.717) is 98.9 Å². The Kier molecular flexibility index (Phi) is 7.64. The summed E-state index contributed by atoms with van der Waals surface area (Å²) in [6.45, 7) is 3.71. The van der Waals surface area contributed by atoms with Crippen molar-refractivity contribution in [3.05, 3.63) is 68.6 Å². The molecule has 1 amide bonds. The number of likely N-dealkylation sites (tertiary alicyclic amines) is 1. The largest absolute Gasteiger partial charge is 0.440 e. The molecule has 0 unspecified atom stereocenters. The minimum absolute atomic E-state index is 0.0239. The van der Waals surface area contributed by atoms with Crippen LogP contribution in [0.3, 0.4) is 0 Å². The first-order valence-electron chi connectivity index (χ1n) is 12.5. The van der Waals surface area contributed by atoms with E-state index in [2.05, 4.69) is 5.32 Å². The number of aliphatic hydroxyl groups is 1. The third-order valence-corrected chi connectivity index (χ3v) is 7.15. The van der Waals surface area contributed by atoms with E-state index in [1.165, 1.54) is 18.2 Å². The molecule has 3 aromatic rings. The van der Waals surface area contributed by atoms with Crippen LogP contribution < -0.4 is 15.6 Å². The molecule has 0 atom stereocenters. The highest BCUT2D eigenvalue weighted by Crippen LogP contribution is 2.27. The van der Waals surface area contributed by atoms with Gasteiger partial charge in [0.15, 0.2) is 11.3 Å². The molecule has 2 fully saturated rings. The van der Waals surface area contributed by atoms with E-state index in [9.17, 15) is 19.1 Å². The first-order valence-corrected chi connectivity index (χ1v) is 12.9. The van der Waals surface area contributed by atoms with Crippen LogP contribution in [0.1, 0.15) is 28.8 Å². The van der Waals surface area contributed by atoms with Gasteiger partial charge in [0, 0.05) is 50.0 Å². The van der Waals surface area contributed by atoms with Crippen LogP contribution in [0.4, 0.5) is 16.0 Å². The summed E-state index contributed by atoms with van der Waals surface area (Å²) in [6, 6.07) is 9.26. The van der Waals surface area contributed by atoms with Crippen molar-refractivity contribution in [2.45, 2.75) is 25.4 Å². The minimum Gasteiger partial charge on any atom is -0.440 e. The molecule has 2 saturated heterocycles. The number of carbonyl (C=O) groups excluding carboxylic acids is 1. The number of carbonyl (C=O) groups is 1. The number of morpholine rings is 1. The molecule has 0 aliphatic carbocycles. The molecule has 0 spiro atoms. The molecule has 2 aromatic carbocycles. The standard InChI is InChI=1S/C27H29ClFN3O5/c28-22-15-19(1-2-23(22)29)30-6-3-17-13-18(27(35)32-7-4-20(33)5-8-32)14-21-24(34)16-25(37-26(17)21)31-9-11-36-12-10-31/h1-2,13-16,20,30,33H,3-12H2. The van der Waals surface area contributed by atoms with Gasteiger partial charge in [-0.3, -0.25) is 9.59 Å². The summed E-state index contributed by atoms with van der Waals surface area (Å²) in [4.78, 5) is 30.2. The predicted molar refractivity (Wildman–Crippen MR) is 140 cm³/mol. The first kappa shape index (κ1) is 25.5. The Morgan fingerprint density at radius 3 is 2.59 bits per heavy atom. The van der Waals surface area contributed by atoms with Crippen molar-refractivity contribution in [3.8, 4) is 0 Å². The van der Waals surface area contributed by atoms with Gasteiger partial charge in [-0.15, -0.1) is 0 Å². The van der Waals surface area contributed by atoms with E-state index >= 15 is 0 Å². The average molecular weight is 530 g/mol. The molecule has 196 valence electrons. The smallest absolute Gasteiger partial charge is 0.253 e. The van der Waals surface area contributed by atoms with Crippen LogP contribution >= 0.6 is 11.6 Å². The molecule has 37 heavy (non-hydrogen) atoms. The summed E-state index contributed by atoms with van der Waals surface area (Å²) in [7, 11) is 0. The highest BCUT2D eigenvalue weighted by Gasteiger charge is 2.24. The Morgan fingerprint density at radius 2 is 1.86 bits per heavy atom. The van der Waals surface area contributed by atoms with Crippen molar-refractivity contribution >= 4 is 40.0 Å². The fraction of sp³-hybridized carbons (Fsp3) is 0.407. The zero-order chi connectivity index (χ0) is 25.9. The fourth-order valence-electron chi connectivity index (χ4n) is 4.76. The van der Waals surface area contributed by atoms with Crippen LogP contribution in [0.2, 0.25) is 5.02 Å². The van der Waals surface area contributed by atoms with Crippen LogP contribution in [-0.2, 0) is 11.2 Å². The molecule has 5 rings (SSSR count). The van der Waals surface area contributed by atoms with Gasteiger partial charge in [-0.2, -0.15) is 0 Å². The van der Waals surface area contributed by atoms with E-state index in [1.54, 1.807) is 23.1 Å². The lowest BCUT2D eigenvalue weighted by Crippen LogP contribution is -2.40. The number of amides is 1. The lowest BCUT2D eigenvalue weighted by molar-refractivity contribution is 0.0546. The minimum atomic E-state index is -0.493. The van der Waals surface area contributed by atoms with Crippen LogP contribution in [0.5, 0.6) is 0 Å². The highest BCUT2D eigenvalue weighted by atomic mass is 35.5. The number of halogens is 2. The van der Waals surface area contributed by atoms with Crippen LogP contribution in [0, 0.1) is 5.82 Å². The number of anilines is 2. The van der Waals surface area contributed by atoms with Crippen LogP contribution in [0.15, 0.2) is 45.6 Å². The first-order chi connectivity index (χ1) is 17.9. The third-order valence-electron chi connectivity index (χ3n) is 6.86. The molecule has 0 radical (unpaired) electrons. The maximum atomic E-state index is 13.5. The van der Waals surface area contributed by atoms with Gasteiger partial charge in [0.25, 0.3) is 5.91 Å². The molecule has 0 bridgehead atoms. The molecule has 2 aliphatic heterocycles. The zero-order valence-electron chi connectivity index (χ0n) is 20.3. The molecule has 2 aliphatic rings. The van der Waals surface area contributed by atoms with Crippen molar-refractivity contribution in [2.24, 2.45) is 0 Å². The van der Waals surface area contributed by atoms with Crippen molar-refractivity contribution in [2.75, 3.05) is 56.2 Å². The molecule has 3 heterocycles. The second-order valence-corrected chi connectivity index (χ2v) is 9.80. The summed E-state index contributed by atoms with van der Waals surface area (Å²) in [6.07, 6.45) is 1.11. The number of benzene rings is 2. The van der Waals surface area contributed by atoms with Gasteiger partial charge in [0.05, 0.1) is 29.7 Å². The van der Waals surface area contributed by atoms with Crippen LogP contribution in [-0.4, -0.2) is 68.0 Å². The summed E-state index contributed by atoms with van der Waals surface area (Å²) < 4.78 is 25.2. The number of rotatable bonds is 6.